The Morgan fingerprint density at radius 2 is 1.57 bits per heavy atom. The highest BCUT2D eigenvalue weighted by Crippen LogP contribution is 2.11. The van der Waals surface area contributed by atoms with Crippen molar-refractivity contribution in [3.63, 3.8) is 0 Å². The Morgan fingerprint density at radius 3 is 2.04 bits per heavy atom. The van der Waals surface area contributed by atoms with Crippen LogP contribution in [0.3, 0.4) is 0 Å². The van der Waals surface area contributed by atoms with Crippen molar-refractivity contribution in [2.45, 2.75) is 44.8 Å². The average molecular weight is 418 g/mol. The number of rotatable bonds is 10. The number of carboxylic acid groups (broad SMARTS) is 1. The number of aliphatic hydroxyl groups excluding tert-OH is 1. The Bertz CT molecular complexity index is 653. The Hall–Kier alpha value is -2.36. The van der Waals surface area contributed by atoms with Crippen molar-refractivity contribution < 1.29 is 29.7 Å². The van der Waals surface area contributed by atoms with E-state index in [-0.39, 0.29) is 36.9 Å². The fraction of sp³-hybridized carbons (Fsp3) is 0.500. The molecule has 0 aliphatic heterocycles. The van der Waals surface area contributed by atoms with Crippen LogP contribution < -0.4 is 16.4 Å². The molecule has 0 aromatic heterocycles. The van der Waals surface area contributed by atoms with Crippen LogP contribution in [0.5, 0.6) is 5.75 Å². The maximum absolute atomic E-state index is 12.2. The second-order valence-electron chi connectivity index (χ2n) is 6.75. The molecule has 3 atom stereocenters. The van der Waals surface area contributed by atoms with Gasteiger partial charge in [0.25, 0.3) is 0 Å². The van der Waals surface area contributed by atoms with Crippen LogP contribution in [0.1, 0.15) is 25.8 Å². The molecular weight excluding hydrogens is 390 g/mol. The maximum atomic E-state index is 12.2. The monoisotopic (exact) mass is 417 g/mol. The van der Waals surface area contributed by atoms with Gasteiger partial charge in [-0.25, -0.2) is 4.79 Å². The van der Waals surface area contributed by atoms with Crippen molar-refractivity contribution in [3.05, 3.63) is 29.8 Å². The molecular formula is C18H28ClN3O6. The molecule has 1 rings (SSSR count). The van der Waals surface area contributed by atoms with Crippen LogP contribution >= 0.6 is 12.4 Å². The number of carbonyl (C=O) groups excluding carboxylic acids is 2. The third kappa shape index (κ3) is 8.55. The molecule has 0 bridgehead atoms. The normalized spacial score (nSPS) is 13.8. The molecule has 28 heavy (non-hydrogen) atoms. The van der Waals surface area contributed by atoms with Crippen LogP contribution in [0.25, 0.3) is 0 Å². The van der Waals surface area contributed by atoms with Gasteiger partial charge >= 0.3 is 5.97 Å². The van der Waals surface area contributed by atoms with Crippen LogP contribution in [-0.4, -0.2) is 57.8 Å². The SMILES string of the molecule is CC(C)C[C@H](NC(=O)[C@H](CO)NC(=O)[C@@H](N)Cc1ccc(O)cc1)C(=O)O.Cl. The number of aliphatic carboxylic acids is 1. The molecule has 0 fully saturated rings. The fourth-order valence-corrected chi connectivity index (χ4v) is 2.42. The lowest BCUT2D eigenvalue weighted by atomic mass is 10.0. The van der Waals surface area contributed by atoms with E-state index < -0.39 is 42.5 Å². The summed E-state index contributed by atoms with van der Waals surface area (Å²) in [4.78, 5) is 35.6. The summed E-state index contributed by atoms with van der Waals surface area (Å²) in [6.45, 7) is 2.93. The van der Waals surface area contributed by atoms with E-state index in [1.807, 2.05) is 13.8 Å². The molecule has 0 spiro atoms. The highest BCUT2D eigenvalue weighted by Gasteiger charge is 2.28. The predicted octanol–water partition coefficient (Wildman–Crippen LogP) is -0.224. The molecule has 1 aromatic carbocycles. The maximum Gasteiger partial charge on any atom is 0.326 e. The van der Waals surface area contributed by atoms with Gasteiger partial charge in [-0.15, -0.1) is 12.4 Å². The summed E-state index contributed by atoms with van der Waals surface area (Å²) >= 11 is 0. The summed E-state index contributed by atoms with van der Waals surface area (Å²) in [5.41, 5.74) is 6.54. The van der Waals surface area contributed by atoms with E-state index >= 15 is 0 Å². The lowest BCUT2D eigenvalue weighted by molar-refractivity contribution is -0.143. The summed E-state index contributed by atoms with van der Waals surface area (Å²) in [6, 6.07) is 2.74. The molecule has 0 saturated heterocycles. The van der Waals surface area contributed by atoms with Gasteiger partial charge in [0.15, 0.2) is 0 Å². The molecule has 0 heterocycles. The number of hydrogen-bond acceptors (Lipinski definition) is 6. The molecule has 0 aliphatic carbocycles. The zero-order valence-electron chi connectivity index (χ0n) is 15.8. The zero-order valence-corrected chi connectivity index (χ0v) is 16.6. The van der Waals surface area contributed by atoms with Crippen molar-refractivity contribution in [2.24, 2.45) is 11.7 Å². The summed E-state index contributed by atoms with van der Waals surface area (Å²) in [5.74, 6) is -2.52. The molecule has 158 valence electrons. The molecule has 0 saturated carbocycles. The van der Waals surface area contributed by atoms with Crippen LogP contribution in [-0.2, 0) is 20.8 Å². The van der Waals surface area contributed by atoms with Gasteiger partial charge in [0.05, 0.1) is 12.6 Å². The molecule has 0 radical (unpaired) electrons. The second kappa shape index (κ2) is 12.2. The molecule has 2 amide bonds. The van der Waals surface area contributed by atoms with Gasteiger partial charge in [0, 0.05) is 0 Å². The van der Waals surface area contributed by atoms with Crippen molar-refractivity contribution >= 4 is 30.2 Å². The number of nitrogens with one attached hydrogen (secondary N) is 2. The number of benzene rings is 1. The smallest absolute Gasteiger partial charge is 0.326 e. The number of nitrogens with two attached hydrogens (primary N) is 1. The number of carbonyl (C=O) groups is 3. The minimum atomic E-state index is -1.31. The second-order valence-corrected chi connectivity index (χ2v) is 6.75. The molecule has 0 aliphatic rings. The third-order valence-electron chi connectivity index (χ3n) is 3.87. The van der Waals surface area contributed by atoms with E-state index in [4.69, 9.17) is 5.73 Å². The standard InChI is InChI=1S/C18H27N3O6.ClH/c1-10(2)7-14(18(26)27)20-17(25)15(9-22)21-16(24)13(19)8-11-3-5-12(23)6-4-11;/h3-6,10,13-15,22-23H,7-9,19H2,1-2H3,(H,20,25)(H,21,24)(H,26,27);1H/t13-,14-,15-;/m0./s1. The van der Waals surface area contributed by atoms with Crippen LogP contribution in [0.2, 0.25) is 0 Å². The molecule has 7 N–H and O–H groups in total. The van der Waals surface area contributed by atoms with Gasteiger partial charge in [0.2, 0.25) is 11.8 Å². The van der Waals surface area contributed by atoms with Gasteiger partial charge in [-0.05, 0) is 36.5 Å². The number of hydrogen-bond donors (Lipinski definition) is 6. The predicted molar refractivity (Wildman–Crippen MR) is 105 cm³/mol. The quantitative estimate of drug-likeness (QED) is 0.306. The largest absolute Gasteiger partial charge is 0.508 e. The number of phenolic OH excluding ortho intramolecular Hbond substituents is 1. The van der Waals surface area contributed by atoms with Crippen molar-refractivity contribution in [2.75, 3.05) is 6.61 Å². The Morgan fingerprint density at radius 1 is 1.04 bits per heavy atom. The van der Waals surface area contributed by atoms with Crippen LogP contribution in [0.15, 0.2) is 24.3 Å². The highest BCUT2D eigenvalue weighted by molar-refractivity contribution is 5.91. The van der Waals surface area contributed by atoms with Crippen molar-refractivity contribution in [1.29, 1.82) is 0 Å². The number of carboxylic acids is 1. The fourth-order valence-electron chi connectivity index (χ4n) is 2.42. The first-order chi connectivity index (χ1) is 12.6. The summed E-state index contributed by atoms with van der Waals surface area (Å²) in [7, 11) is 0. The Kier molecular flexibility index (Phi) is 11.1. The van der Waals surface area contributed by atoms with Gasteiger partial charge in [-0.1, -0.05) is 26.0 Å². The Balaban J connectivity index is 0.00000729. The number of amides is 2. The van der Waals surface area contributed by atoms with Crippen LogP contribution in [0, 0.1) is 5.92 Å². The van der Waals surface area contributed by atoms with E-state index in [1.54, 1.807) is 12.1 Å². The average Bonchev–Trinajstić information content (AvgIpc) is 2.60. The van der Waals surface area contributed by atoms with E-state index in [9.17, 15) is 29.7 Å². The van der Waals surface area contributed by atoms with Gasteiger partial charge in [0.1, 0.15) is 17.8 Å². The van der Waals surface area contributed by atoms with E-state index in [0.29, 0.717) is 5.56 Å². The molecule has 0 unspecified atom stereocenters. The minimum absolute atomic E-state index is 0. The van der Waals surface area contributed by atoms with Gasteiger partial charge in [-0.3, -0.25) is 9.59 Å². The first-order valence-electron chi connectivity index (χ1n) is 8.62. The first-order valence-corrected chi connectivity index (χ1v) is 8.62. The van der Waals surface area contributed by atoms with Gasteiger partial charge in [-0.2, -0.15) is 0 Å². The molecule has 9 nitrogen and oxygen atoms in total. The van der Waals surface area contributed by atoms with E-state index in [2.05, 4.69) is 10.6 Å². The number of phenols is 1. The third-order valence-corrected chi connectivity index (χ3v) is 3.87. The number of aliphatic hydroxyl groups is 1. The Labute approximate surface area is 169 Å². The minimum Gasteiger partial charge on any atom is -0.508 e. The van der Waals surface area contributed by atoms with Crippen molar-refractivity contribution in [1.82, 2.24) is 10.6 Å². The van der Waals surface area contributed by atoms with E-state index in [1.165, 1.54) is 12.1 Å². The van der Waals surface area contributed by atoms with Crippen molar-refractivity contribution in [3.8, 4) is 5.75 Å². The van der Waals surface area contributed by atoms with Gasteiger partial charge < -0.3 is 31.7 Å². The summed E-state index contributed by atoms with van der Waals surface area (Å²) in [5, 5.41) is 32.5. The van der Waals surface area contributed by atoms with E-state index in [0.717, 1.165) is 0 Å². The van der Waals surface area contributed by atoms with Crippen LogP contribution in [0.4, 0.5) is 0 Å². The summed E-state index contributed by atoms with van der Waals surface area (Å²) in [6.07, 6.45) is 0.379. The molecule has 1 aromatic rings. The highest BCUT2D eigenvalue weighted by atomic mass is 35.5. The molecule has 10 heteroatoms. The first kappa shape index (κ1) is 25.6. The topological polar surface area (TPSA) is 162 Å². The lowest BCUT2D eigenvalue weighted by Crippen LogP contribution is -2.56. The number of aromatic hydroxyl groups is 1. The number of halogens is 1. The lowest BCUT2D eigenvalue weighted by Gasteiger charge is -2.22. The summed E-state index contributed by atoms with van der Waals surface area (Å²) < 4.78 is 0. The zero-order chi connectivity index (χ0) is 20.6.